The number of urea groups is 1. The molecular formula is C22H24IN9O3. The molecule has 1 aliphatic heterocycles. The van der Waals surface area contributed by atoms with Gasteiger partial charge in [-0.05, 0) is 28.8 Å². The van der Waals surface area contributed by atoms with Gasteiger partial charge < -0.3 is 15.4 Å². The molecule has 0 aliphatic carbocycles. The first-order valence-electron chi connectivity index (χ1n) is 10.7. The highest BCUT2D eigenvalue weighted by Gasteiger charge is 2.27. The zero-order valence-electron chi connectivity index (χ0n) is 18.8. The van der Waals surface area contributed by atoms with E-state index in [1.807, 2.05) is 48.5 Å². The number of aromatic nitrogens is 3. The number of imide groups is 1. The number of hydrazine groups is 1. The lowest BCUT2D eigenvalue weighted by Crippen LogP contribution is -2.34. The number of methoxy groups -OCH3 is 1. The molecule has 2 aromatic carbocycles. The van der Waals surface area contributed by atoms with Crippen LogP contribution in [-0.4, -0.2) is 45.6 Å². The van der Waals surface area contributed by atoms with Crippen molar-refractivity contribution in [3.63, 3.8) is 0 Å². The molecule has 0 spiro atoms. The fourth-order valence-electron chi connectivity index (χ4n) is 3.19. The van der Waals surface area contributed by atoms with Gasteiger partial charge in [0.1, 0.15) is 12.3 Å². The highest BCUT2D eigenvalue weighted by molar-refractivity contribution is 14.1. The third-order valence-electron chi connectivity index (χ3n) is 5.02. The summed E-state index contributed by atoms with van der Waals surface area (Å²) in [4.78, 5) is 36.6. The highest BCUT2D eigenvalue weighted by atomic mass is 127. The maximum Gasteiger partial charge on any atom is 0.343 e. The van der Waals surface area contributed by atoms with Gasteiger partial charge in [-0.25, -0.2) is 9.80 Å². The van der Waals surface area contributed by atoms with Gasteiger partial charge in [-0.1, -0.05) is 36.4 Å². The van der Waals surface area contributed by atoms with Crippen LogP contribution in [-0.2, 0) is 24.4 Å². The summed E-state index contributed by atoms with van der Waals surface area (Å²) in [6.07, 6.45) is 0. The van der Waals surface area contributed by atoms with E-state index in [9.17, 15) is 9.59 Å². The van der Waals surface area contributed by atoms with Crippen molar-refractivity contribution in [1.82, 2.24) is 28.8 Å². The number of rotatable bonds is 11. The molecule has 35 heavy (non-hydrogen) atoms. The van der Waals surface area contributed by atoms with Crippen molar-refractivity contribution in [2.24, 2.45) is 0 Å². The summed E-state index contributed by atoms with van der Waals surface area (Å²) < 4.78 is 8.28. The second kappa shape index (κ2) is 11.6. The van der Waals surface area contributed by atoms with Gasteiger partial charge in [0, 0.05) is 42.5 Å². The molecule has 0 atom stereocenters. The van der Waals surface area contributed by atoms with Crippen LogP contribution in [0.4, 0.5) is 22.6 Å². The number of nitrogens with one attached hydrogen (secondary N) is 5. The number of hydrogen-bond acceptors (Lipinski definition) is 10. The zero-order chi connectivity index (χ0) is 24.6. The van der Waals surface area contributed by atoms with E-state index in [0.29, 0.717) is 25.0 Å². The van der Waals surface area contributed by atoms with E-state index < -0.39 is 11.9 Å². The Morgan fingerprint density at radius 1 is 0.857 bits per heavy atom. The van der Waals surface area contributed by atoms with Crippen LogP contribution in [0.5, 0.6) is 5.75 Å². The summed E-state index contributed by atoms with van der Waals surface area (Å²) in [6, 6.07) is 15.2. The molecule has 182 valence electrons. The minimum absolute atomic E-state index is 0.119. The zero-order valence-corrected chi connectivity index (χ0v) is 21.0. The number of anilines is 3. The first-order valence-corrected chi connectivity index (χ1v) is 11.8. The van der Waals surface area contributed by atoms with E-state index in [0.717, 1.165) is 28.4 Å². The Kier molecular flexibility index (Phi) is 8.10. The lowest BCUT2D eigenvalue weighted by atomic mass is 10.1. The number of carbonyl (C=O) groups excluding carboxylic acids is 2. The Bertz CT molecular complexity index is 1180. The number of halogens is 1. The van der Waals surface area contributed by atoms with E-state index in [-0.39, 0.29) is 12.5 Å². The maximum absolute atomic E-state index is 11.9. The molecule has 0 unspecified atom stereocenters. The number of ether oxygens (including phenoxy) is 1. The molecule has 0 saturated carbocycles. The molecule has 4 rings (SSSR count). The Hall–Kier alpha value is -3.72. The minimum Gasteiger partial charge on any atom is -0.497 e. The molecule has 0 bridgehead atoms. The highest BCUT2D eigenvalue weighted by Crippen LogP contribution is 2.16. The van der Waals surface area contributed by atoms with Crippen molar-refractivity contribution >= 4 is 52.6 Å². The van der Waals surface area contributed by atoms with Crippen molar-refractivity contribution in [1.29, 1.82) is 0 Å². The van der Waals surface area contributed by atoms with Crippen molar-refractivity contribution in [3.8, 4) is 5.75 Å². The molecule has 5 N–H and O–H groups in total. The van der Waals surface area contributed by atoms with Gasteiger partial charge in [-0.15, -0.1) is 0 Å². The summed E-state index contributed by atoms with van der Waals surface area (Å²) in [5.41, 5.74) is 6.00. The van der Waals surface area contributed by atoms with Crippen LogP contribution in [0.2, 0.25) is 0 Å². The number of amides is 3. The largest absolute Gasteiger partial charge is 0.497 e. The summed E-state index contributed by atoms with van der Waals surface area (Å²) in [5, 5.41) is 9.66. The monoisotopic (exact) mass is 589 g/mol. The third kappa shape index (κ3) is 6.89. The van der Waals surface area contributed by atoms with Crippen LogP contribution >= 0.6 is 22.9 Å². The van der Waals surface area contributed by atoms with Crippen LogP contribution in [0.25, 0.3) is 0 Å². The number of nitrogens with zero attached hydrogens (tertiary/aromatic N) is 4. The predicted octanol–water partition coefficient (Wildman–Crippen LogP) is 2.42. The molecule has 12 nitrogen and oxygen atoms in total. The molecule has 1 aromatic heterocycles. The minimum atomic E-state index is -0.571. The molecule has 1 aliphatic rings. The van der Waals surface area contributed by atoms with E-state index >= 15 is 0 Å². The first kappa shape index (κ1) is 24.4. The summed E-state index contributed by atoms with van der Waals surface area (Å²) in [5.74, 6) is 1.09. The van der Waals surface area contributed by atoms with E-state index in [1.54, 1.807) is 7.11 Å². The Morgan fingerprint density at radius 2 is 1.37 bits per heavy atom. The number of benzene rings is 2. The number of hydrogen-bond donors (Lipinski definition) is 5. The third-order valence-corrected chi connectivity index (χ3v) is 5.40. The molecule has 3 amide bonds. The summed E-state index contributed by atoms with van der Waals surface area (Å²) in [7, 11) is 1.62. The predicted molar refractivity (Wildman–Crippen MR) is 139 cm³/mol. The standard InChI is InChI=1S/C22H24IN9O3/c1-35-17-8-6-15(7-9-17)11-25-20-28-19(24-10-14-2-4-16(5-3-14)12-26-23)29-21(30-20)31-32-13-18(33)27-22(32)34/h2-9,26H,10-13H2,1H3,(H,27,33,34)(H3,24,25,28,29,30,31). The van der Waals surface area contributed by atoms with E-state index in [1.165, 1.54) is 5.56 Å². The topological polar surface area (TPSA) is 145 Å². The first-order chi connectivity index (χ1) is 17.0. The normalized spacial score (nSPS) is 12.9. The van der Waals surface area contributed by atoms with Crippen molar-refractivity contribution in [2.75, 3.05) is 29.7 Å². The van der Waals surface area contributed by atoms with Gasteiger partial charge in [0.2, 0.25) is 23.8 Å². The van der Waals surface area contributed by atoms with Crippen molar-refractivity contribution in [2.45, 2.75) is 19.6 Å². The lowest BCUT2D eigenvalue weighted by Gasteiger charge is -2.16. The molecule has 13 heteroatoms. The second-order valence-corrected chi connectivity index (χ2v) is 8.30. The summed E-state index contributed by atoms with van der Waals surface area (Å²) in [6.45, 7) is 1.59. The van der Waals surface area contributed by atoms with Gasteiger partial charge in [0.05, 0.1) is 7.11 Å². The molecule has 3 aromatic rings. The Morgan fingerprint density at radius 3 is 1.86 bits per heavy atom. The SMILES string of the molecule is COc1ccc(CNc2nc(NCc3ccc(CNI)cc3)nc(NN3CC(=O)NC3=O)n2)cc1. The maximum atomic E-state index is 11.9. The smallest absolute Gasteiger partial charge is 0.343 e. The molecule has 0 radical (unpaired) electrons. The Balaban J connectivity index is 1.48. The van der Waals surface area contributed by atoms with Crippen molar-refractivity contribution in [3.05, 3.63) is 65.2 Å². The average Bonchev–Trinajstić information content (AvgIpc) is 3.19. The molecule has 1 fully saturated rings. The van der Waals surface area contributed by atoms with E-state index in [2.05, 4.69) is 62.7 Å². The quantitative estimate of drug-likeness (QED) is 0.129. The molecular weight excluding hydrogens is 565 g/mol. The van der Waals surface area contributed by atoms with Crippen LogP contribution in [0.15, 0.2) is 48.5 Å². The van der Waals surface area contributed by atoms with Crippen LogP contribution in [0.1, 0.15) is 16.7 Å². The lowest BCUT2D eigenvalue weighted by molar-refractivity contribution is -0.118. The Labute approximate surface area is 215 Å². The second-order valence-electron chi connectivity index (χ2n) is 7.54. The van der Waals surface area contributed by atoms with Gasteiger partial charge in [-0.3, -0.25) is 19.1 Å². The van der Waals surface area contributed by atoms with Gasteiger partial charge >= 0.3 is 6.03 Å². The average molecular weight is 589 g/mol. The molecule has 2 heterocycles. The van der Waals surface area contributed by atoms with Gasteiger partial charge in [0.15, 0.2) is 0 Å². The van der Waals surface area contributed by atoms with Gasteiger partial charge in [0.25, 0.3) is 0 Å². The fourth-order valence-corrected chi connectivity index (χ4v) is 3.63. The number of carbonyl (C=O) groups is 2. The molecule has 1 saturated heterocycles. The van der Waals surface area contributed by atoms with E-state index in [4.69, 9.17) is 4.74 Å². The summed E-state index contributed by atoms with van der Waals surface area (Å²) >= 11 is 2.11. The van der Waals surface area contributed by atoms with Crippen LogP contribution < -0.4 is 29.6 Å². The van der Waals surface area contributed by atoms with Crippen LogP contribution in [0.3, 0.4) is 0 Å². The fraction of sp³-hybridized carbons (Fsp3) is 0.227. The van der Waals surface area contributed by atoms with Crippen LogP contribution in [0, 0.1) is 0 Å². The van der Waals surface area contributed by atoms with Crippen molar-refractivity contribution < 1.29 is 14.3 Å². The van der Waals surface area contributed by atoms with Gasteiger partial charge in [-0.2, -0.15) is 15.0 Å².